The van der Waals surface area contributed by atoms with Crippen molar-refractivity contribution < 1.29 is 9.53 Å². The number of fused-ring (bicyclic) bond motifs is 1. The largest absolute Gasteiger partial charge is 0.493 e. The summed E-state index contributed by atoms with van der Waals surface area (Å²) < 4.78 is 5.83. The first-order valence-electron chi connectivity index (χ1n) is 9.08. The Balaban J connectivity index is 1.65. The Kier molecular flexibility index (Phi) is 4.82. The van der Waals surface area contributed by atoms with Crippen molar-refractivity contribution in [3.63, 3.8) is 0 Å². The molecule has 0 radical (unpaired) electrons. The van der Waals surface area contributed by atoms with Crippen LogP contribution in [0.5, 0.6) is 5.75 Å². The van der Waals surface area contributed by atoms with Gasteiger partial charge in [-0.2, -0.15) is 0 Å². The molecule has 0 spiro atoms. The van der Waals surface area contributed by atoms with Gasteiger partial charge in [0.25, 0.3) is 5.91 Å². The molecule has 138 valence electrons. The molecule has 1 amide bonds. The van der Waals surface area contributed by atoms with Crippen LogP contribution >= 0.6 is 0 Å². The van der Waals surface area contributed by atoms with Crippen molar-refractivity contribution in [3.8, 4) is 5.75 Å². The SMILES string of the molecule is CCN(C(=O)c1cnccn1)c1ccc2c(c1)C(Cc1c[nH]cn1)CCO2. The molecule has 1 aromatic carbocycles. The number of hydrogen-bond donors (Lipinski definition) is 1. The summed E-state index contributed by atoms with van der Waals surface area (Å²) in [6.07, 6.45) is 9.97. The topological polar surface area (TPSA) is 84.0 Å². The van der Waals surface area contributed by atoms with Crippen molar-refractivity contribution in [2.75, 3.05) is 18.1 Å². The van der Waals surface area contributed by atoms with Gasteiger partial charge < -0.3 is 14.6 Å². The van der Waals surface area contributed by atoms with Gasteiger partial charge in [-0.05, 0) is 49.4 Å². The number of H-pyrrole nitrogens is 1. The molecule has 1 N–H and O–H groups in total. The van der Waals surface area contributed by atoms with E-state index in [9.17, 15) is 4.79 Å². The first kappa shape index (κ1) is 17.2. The first-order valence-corrected chi connectivity index (χ1v) is 9.08. The van der Waals surface area contributed by atoms with E-state index in [0.717, 1.165) is 35.5 Å². The van der Waals surface area contributed by atoms with Gasteiger partial charge in [-0.1, -0.05) is 0 Å². The molecule has 27 heavy (non-hydrogen) atoms. The summed E-state index contributed by atoms with van der Waals surface area (Å²) >= 11 is 0. The number of nitrogens with zero attached hydrogens (tertiary/aromatic N) is 4. The fourth-order valence-electron chi connectivity index (χ4n) is 3.48. The van der Waals surface area contributed by atoms with Gasteiger partial charge in [-0.25, -0.2) is 9.97 Å². The number of nitrogens with one attached hydrogen (secondary N) is 1. The van der Waals surface area contributed by atoms with Crippen LogP contribution in [0, 0.1) is 0 Å². The molecular formula is C20H21N5O2. The molecule has 2 aromatic heterocycles. The van der Waals surface area contributed by atoms with Gasteiger partial charge in [0, 0.05) is 30.8 Å². The average molecular weight is 363 g/mol. The van der Waals surface area contributed by atoms with E-state index in [1.807, 2.05) is 25.3 Å². The van der Waals surface area contributed by atoms with Gasteiger partial charge in [-0.15, -0.1) is 0 Å². The molecule has 3 aromatic rings. The van der Waals surface area contributed by atoms with Gasteiger partial charge in [0.15, 0.2) is 0 Å². The number of hydrogen-bond acceptors (Lipinski definition) is 5. The van der Waals surface area contributed by atoms with E-state index in [1.54, 1.807) is 17.4 Å². The normalized spacial score (nSPS) is 15.7. The van der Waals surface area contributed by atoms with E-state index in [4.69, 9.17) is 4.74 Å². The number of imidazole rings is 1. The predicted octanol–water partition coefficient (Wildman–Crippen LogP) is 2.98. The zero-order valence-corrected chi connectivity index (χ0v) is 15.1. The molecule has 0 aliphatic carbocycles. The summed E-state index contributed by atoms with van der Waals surface area (Å²) in [5, 5.41) is 0. The van der Waals surface area contributed by atoms with Crippen LogP contribution in [0.1, 0.15) is 41.0 Å². The van der Waals surface area contributed by atoms with Gasteiger partial charge in [0.05, 0.1) is 24.8 Å². The lowest BCUT2D eigenvalue weighted by Gasteiger charge is -2.28. The van der Waals surface area contributed by atoms with Gasteiger partial charge in [-0.3, -0.25) is 9.78 Å². The molecule has 7 heteroatoms. The van der Waals surface area contributed by atoms with E-state index >= 15 is 0 Å². The fourth-order valence-corrected chi connectivity index (χ4v) is 3.48. The van der Waals surface area contributed by atoms with Crippen LogP contribution < -0.4 is 9.64 Å². The van der Waals surface area contributed by atoms with Crippen molar-refractivity contribution in [1.82, 2.24) is 19.9 Å². The minimum absolute atomic E-state index is 0.161. The van der Waals surface area contributed by atoms with E-state index < -0.39 is 0 Å². The number of amides is 1. The zero-order valence-electron chi connectivity index (χ0n) is 15.1. The summed E-state index contributed by atoms with van der Waals surface area (Å²) in [6, 6.07) is 5.94. The molecule has 0 saturated heterocycles. The van der Waals surface area contributed by atoms with Crippen LogP contribution in [0.25, 0.3) is 0 Å². The Labute approximate surface area is 157 Å². The third-order valence-electron chi connectivity index (χ3n) is 4.82. The van der Waals surface area contributed by atoms with Crippen LogP contribution in [-0.2, 0) is 6.42 Å². The lowest BCUT2D eigenvalue weighted by Crippen LogP contribution is -2.31. The highest BCUT2D eigenvalue weighted by Gasteiger charge is 2.25. The van der Waals surface area contributed by atoms with Crippen molar-refractivity contribution in [2.24, 2.45) is 0 Å². The molecule has 7 nitrogen and oxygen atoms in total. The van der Waals surface area contributed by atoms with E-state index in [-0.39, 0.29) is 5.91 Å². The van der Waals surface area contributed by atoms with E-state index in [2.05, 4.69) is 26.0 Å². The maximum Gasteiger partial charge on any atom is 0.278 e. The fraction of sp³-hybridized carbons (Fsp3) is 0.300. The van der Waals surface area contributed by atoms with Gasteiger partial charge in [0.1, 0.15) is 11.4 Å². The Bertz CT molecular complexity index is 911. The second-order valence-electron chi connectivity index (χ2n) is 6.46. The van der Waals surface area contributed by atoms with E-state index in [1.165, 1.54) is 12.4 Å². The Morgan fingerprint density at radius 1 is 1.33 bits per heavy atom. The van der Waals surface area contributed by atoms with Crippen LogP contribution in [0.3, 0.4) is 0 Å². The molecule has 1 atom stereocenters. The zero-order chi connectivity index (χ0) is 18.6. The summed E-state index contributed by atoms with van der Waals surface area (Å²) in [7, 11) is 0. The Hall–Kier alpha value is -3.22. The van der Waals surface area contributed by atoms with Crippen LogP contribution in [0.15, 0.2) is 49.3 Å². The number of rotatable bonds is 5. The van der Waals surface area contributed by atoms with Crippen molar-refractivity contribution in [3.05, 3.63) is 66.3 Å². The lowest BCUT2D eigenvalue weighted by atomic mass is 9.89. The minimum Gasteiger partial charge on any atom is -0.493 e. The number of aromatic amines is 1. The number of carbonyl (C=O) groups excluding carboxylic acids is 1. The summed E-state index contributed by atoms with van der Waals surface area (Å²) in [4.78, 5) is 30.1. The number of carbonyl (C=O) groups is 1. The van der Waals surface area contributed by atoms with Crippen molar-refractivity contribution in [1.29, 1.82) is 0 Å². The maximum atomic E-state index is 12.9. The first-order chi connectivity index (χ1) is 13.3. The molecule has 3 heterocycles. The van der Waals surface area contributed by atoms with Crippen LogP contribution in [0.2, 0.25) is 0 Å². The van der Waals surface area contributed by atoms with Crippen molar-refractivity contribution in [2.45, 2.75) is 25.7 Å². The highest BCUT2D eigenvalue weighted by Crippen LogP contribution is 2.38. The van der Waals surface area contributed by atoms with Gasteiger partial charge in [0.2, 0.25) is 0 Å². The third kappa shape index (κ3) is 3.53. The molecule has 0 bridgehead atoms. The van der Waals surface area contributed by atoms with Crippen LogP contribution in [0.4, 0.5) is 5.69 Å². The number of ether oxygens (including phenoxy) is 1. The number of aromatic nitrogens is 4. The molecule has 1 aliphatic heterocycles. The summed E-state index contributed by atoms with van der Waals surface area (Å²) in [5.74, 6) is 1.03. The molecule has 1 aliphatic rings. The molecule has 4 rings (SSSR count). The highest BCUT2D eigenvalue weighted by atomic mass is 16.5. The molecule has 0 saturated carbocycles. The highest BCUT2D eigenvalue weighted by molar-refractivity contribution is 6.04. The second-order valence-corrected chi connectivity index (χ2v) is 6.46. The summed E-state index contributed by atoms with van der Waals surface area (Å²) in [5.41, 5.74) is 3.32. The number of anilines is 1. The standard InChI is InChI=1S/C20H21N5O2/c1-2-25(20(26)18-12-21-6-7-23-18)16-3-4-19-17(10-16)14(5-8-27-19)9-15-11-22-13-24-15/h3-4,6-7,10-14H,2,5,8-9H2,1H3,(H,22,24). The quantitative estimate of drug-likeness (QED) is 0.753. The smallest absolute Gasteiger partial charge is 0.278 e. The monoisotopic (exact) mass is 363 g/mol. The molecular weight excluding hydrogens is 342 g/mol. The minimum atomic E-state index is -0.161. The third-order valence-corrected chi connectivity index (χ3v) is 4.82. The second kappa shape index (κ2) is 7.57. The number of benzene rings is 1. The van der Waals surface area contributed by atoms with Gasteiger partial charge >= 0.3 is 0 Å². The average Bonchev–Trinajstić information content (AvgIpc) is 3.22. The Morgan fingerprint density at radius 3 is 3.00 bits per heavy atom. The van der Waals surface area contributed by atoms with E-state index in [0.29, 0.717) is 24.8 Å². The molecule has 1 unspecified atom stereocenters. The lowest BCUT2D eigenvalue weighted by molar-refractivity contribution is 0.0983. The van der Waals surface area contributed by atoms with Crippen LogP contribution in [-0.4, -0.2) is 39.0 Å². The summed E-state index contributed by atoms with van der Waals surface area (Å²) in [6.45, 7) is 3.18. The molecule has 0 fully saturated rings. The van der Waals surface area contributed by atoms with Crippen molar-refractivity contribution >= 4 is 11.6 Å². The maximum absolute atomic E-state index is 12.9. The Morgan fingerprint density at radius 2 is 2.26 bits per heavy atom. The predicted molar refractivity (Wildman–Crippen MR) is 101 cm³/mol.